The summed E-state index contributed by atoms with van der Waals surface area (Å²) >= 11 is 0. The van der Waals surface area contributed by atoms with Crippen LogP contribution in [0.2, 0.25) is 0 Å². The average Bonchev–Trinajstić information content (AvgIpc) is 2.52. The van der Waals surface area contributed by atoms with Crippen LogP contribution >= 0.6 is 0 Å². The van der Waals surface area contributed by atoms with Crippen LogP contribution in [0.15, 0.2) is 30.3 Å². The second-order valence-electron chi connectivity index (χ2n) is 7.46. The number of rotatable bonds is 13. The van der Waals surface area contributed by atoms with Crippen molar-refractivity contribution >= 4 is 0 Å². The zero-order valence-electron chi connectivity index (χ0n) is 16.4. The first kappa shape index (κ1) is 29.8. The molecule has 0 aromatic heterocycles. The second-order valence-corrected chi connectivity index (χ2v) is 7.46. The molecule has 0 aliphatic rings. The van der Waals surface area contributed by atoms with Crippen molar-refractivity contribution in [1.82, 2.24) is 0 Å². The molecular formula is C21H38Cl3N-2. The molecule has 2 N–H and O–H groups in total. The van der Waals surface area contributed by atoms with Gasteiger partial charge in [-0.2, -0.15) is 0 Å². The van der Waals surface area contributed by atoms with E-state index in [1.165, 1.54) is 69.8 Å². The van der Waals surface area contributed by atoms with E-state index in [1.807, 2.05) is 0 Å². The van der Waals surface area contributed by atoms with Crippen LogP contribution < -0.4 is 42.5 Å². The predicted octanol–water partition coefficient (Wildman–Crippen LogP) is -3.54. The van der Waals surface area contributed by atoms with Crippen LogP contribution in [0.3, 0.4) is 0 Å². The van der Waals surface area contributed by atoms with Gasteiger partial charge in [-0.25, -0.2) is 0 Å². The topological polar surface area (TPSA) is 16.6 Å². The van der Waals surface area contributed by atoms with E-state index < -0.39 is 0 Å². The van der Waals surface area contributed by atoms with Gasteiger partial charge in [-0.05, 0) is 20.3 Å². The van der Waals surface area contributed by atoms with Gasteiger partial charge in [-0.1, -0.05) is 88.6 Å². The van der Waals surface area contributed by atoms with Gasteiger partial charge in [0.15, 0.2) is 0 Å². The van der Waals surface area contributed by atoms with E-state index in [9.17, 15) is 0 Å². The van der Waals surface area contributed by atoms with E-state index >= 15 is 0 Å². The summed E-state index contributed by atoms with van der Waals surface area (Å²) < 4.78 is 0. The highest BCUT2D eigenvalue weighted by Gasteiger charge is 2.20. The van der Waals surface area contributed by atoms with E-state index in [4.69, 9.17) is 0 Å². The summed E-state index contributed by atoms with van der Waals surface area (Å²) in [4.78, 5) is 0. The van der Waals surface area contributed by atoms with E-state index in [2.05, 4.69) is 56.4 Å². The van der Waals surface area contributed by atoms with Crippen molar-refractivity contribution in [2.24, 2.45) is 0 Å². The predicted molar refractivity (Wildman–Crippen MR) is 98.0 cm³/mol. The summed E-state index contributed by atoms with van der Waals surface area (Å²) in [6.45, 7) is 8.17. The third-order valence-electron chi connectivity index (χ3n) is 4.66. The molecule has 0 radical (unpaired) electrons. The third kappa shape index (κ3) is 17.2. The lowest BCUT2D eigenvalue weighted by atomic mass is 9.95. The van der Waals surface area contributed by atoms with Gasteiger partial charge in [0, 0.05) is 12.0 Å². The molecule has 0 amide bonds. The zero-order chi connectivity index (χ0) is 16.1. The molecule has 0 bridgehead atoms. The van der Waals surface area contributed by atoms with Crippen LogP contribution in [0, 0.1) is 0 Å². The molecule has 4 heteroatoms. The van der Waals surface area contributed by atoms with Crippen LogP contribution in [-0.2, 0) is 6.54 Å². The Morgan fingerprint density at radius 2 is 1.20 bits per heavy atom. The molecule has 0 aliphatic carbocycles. The van der Waals surface area contributed by atoms with E-state index in [0.717, 1.165) is 6.54 Å². The van der Waals surface area contributed by atoms with Crippen LogP contribution in [0.25, 0.3) is 0 Å². The SMILES string of the molecule is CCCCCCCCCCCC(C)(C)[NH2+]Cc1ccccc1.[Cl-].[Cl-].[Cl-]. The number of nitrogens with two attached hydrogens (primary N) is 1. The van der Waals surface area contributed by atoms with Crippen molar-refractivity contribution in [3.05, 3.63) is 35.9 Å². The van der Waals surface area contributed by atoms with Crippen molar-refractivity contribution in [2.45, 2.75) is 97.1 Å². The summed E-state index contributed by atoms with van der Waals surface area (Å²) in [6, 6.07) is 10.8. The van der Waals surface area contributed by atoms with Crippen molar-refractivity contribution in [1.29, 1.82) is 0 Å². The summed E-state index contributed by atoms with van der Waals surface area (Å²) in [5.41, 5.74) is 1.81. The molecule has 25 heavy (non-hydrogen) atoms. The second kappa shape index (κ2) is 18.8. The van der Waals surface area contributed by atoms with Gasteiger partial charge in [0.25, 0.3) is 0 Å². The Hall–Kier alpha value is 0.0500. The molecule has 150 valence electrons. The Labute approximate surface area is 175 Å². The quantitative estimate of drug-likeness (QED) is 0.325. The van der Waals surface area contributed by atoms with Crippen molar-refractivity contribution in [3.8, 4) is 0 Å². The molecule has 1 aromatic rings. The van der Waals surface area contributed by atoms with Gasteiger partial charge in [-0.15, -0.1) is 0 Å². The Bertz CT molecular complexity index is 369. The number of quaternary nitrogens is 1. The minimum Gasteiger partial charge on any atom is -1.00 e. The highest BCUT2D eigenvalue weighted by Crippen LogP contribution is 2.14. The largest absolute Gasteiger partial charge is 1.00 e. The standard InChI is InChI=1S/C21H37N.3ClH/c1-4-5-6-7-8-9-10-11-15-18-21(2,3)22-19-20-16-13-12-14-17-20;;;/h12-14,16-17,22H,4-11,15,18-19H2,1-3H3;3*1H/p-2. The van der Waals surface area contributed by atoms with Crippen LogP contribution in [0.5, 0.6) is 0 Å². The Kier molecular flexibility index (Phi) is 22.4. The minimum absolute atomic E-state index is 0. The highest BCUT2D eigenvalue weighted by atomic mass is 35.5. The summed E-state index contributed by atoms with van der Waals surface area (Å²) in [7, 11) is 0. The van der Waals surface area contributed by atoms with Crippen molar-refractivity contribution < 1.29 is 42.5 Å². The first-order valence-electron chi connectivity index (χ1n) is 9.52. The number of halogens is 3. The monoisotopic (exact) mass is 409 g/mol. The lowest BCUT2D eigenvalue weighted by molar-refractivity contribution is -0.736. The lowest BCUT2D eigenvalue weighted by Gasteiger charge is -2.23. The van der Waals surface area contributed by atoms with Gasteiger partial charge < -0.3 is 42.5 Å². The fraction of sp³-hybridized carbons (Fsp3) is 0.714. The molecule has 0 aliphatic heterocycles. The highest BCUT2D eigenvalue weighted by molar-refractivity contribution is 5.13. The first-order valence-corrected chi connectivity index (χ1v) is 9.52. The first-order chi connectivity index (χ1) is 10.6. The molecule has 0 unspecified atom stereocenters. The molecule has 1 rings (SSSR count). The molecule has 0 saturated carbocycles. The molecule has 0 saturated heterocycles. The van der Waals surface area contributed by atoms with Crippen LogP contribution in [0.4, 0.5) is 0 Å². The van der Waals surface area contributed by atoms with Gasteiger partial charge in [0.05, 0.1) is 5.54 Å². The van der Waals surface area contributed by atoms with Gasteiger partial charge in [-0.3, -0.25) is 0 Å². The molecular weight excluding hydrogens is 373 g/mol. The molecule has 0 spiro atoms. The number of unbranched alkanes of at least 4 members (excludes halogenated alkanes) is 8. The van der Waals surface area contributed by atoms with Gasteiger partial charge >= 0.3 is 0 Å². The van der Waals surface area contributed by atoms with Crippen molar-refractivity contribution in [2.75, 3.05) is 0 Å². The number of hydrogen-bond donors (Lipinski definition) is 1. The fourth-order valence-electron chi connectivity index (χ4n) is 3.00. The molecule has 1 nitrogen and oxygen atoms in total. The molecule has 0 atom stereocenters. The minimum atomic E-state index is 0. The van der Waals surface area contributed by atoms with E-state index in [-0.39, 0.29) is 37.2 Å². The average molecular weight is 411 g/mol. The normalized spacial score (nSPS) is 10.4. The number of hydrogen-bond acceptors (Lipinski definition) is 0. The van der Waals surface area contributed by atoms with E-state index in [1.54, 1.807) is 0 Å². The van der Waals surface area contributed by atoms with Crippen molar-refractivity contribution in [3.63, 3.8) is 0 Å². The Balaban J connectivity index is -0.00000161. The zero-order valence-corrected chi connectivity index (χ0v) is 18.6. The molecule has 0 heterocycles. The Morgan fingerprint density at radius 1 is 0.720 bits per heavy atom. The van der Waals surface area contributed by atoms with Crippen LogP contribution in [0.1, 0.15) is 90.5 Å². The maximum atomic E-state index is 2.51. The summed E-state index contributed by atoms with van der Waals surface area (Å²) in [6.07, 6.45) is 14.1. The third-order valence-corrected chi connectivity index (χ3v) is 4.66. The van der Waals surface area contributed by atoms with Crippen LogP contribution in [-0.4, -0.2) is 5.54 Å². The molecule has 1 aromatic carbocycles. The molecule has 0 fully saturated rings. The maximum absolute atomic E-state index is 2.51. The lowest BCUT2D eigenvalue weighted by Crippen LogP contribution is -3.00. The van der Waals surface area contributed by atoms with Gasteiger partial charge in [0.2, 0.25) is 0 Å². The van der Waals surface area contributed by atoms with E-state index in [0.29, 0.717) is 5.54 Å². The fourth-order valence-corrected chi connectivity index (χ4v) is 3.00. The van der Waals surface area contributed by atoms with Gasteiger partial charge in [0.1, 0.15) is 6.54 Å². The Morgan fingerprint density at radius 3 is 1.72 bits per heavy atom. The summed E-state index contributed by atoms with van der Waals surface area (Å²) in [5, 5.41) is 2.51. The summed E-state index contributed by atoms with van der Waals surface area (Å²) in [5.74, 6) is 0. The number of benzene rings is 1. The maximum Gasteiger partial charge on any atom is 0.102 e. The smallest absolute Gasteiger partial charge is 0.102 e.